The predicted octanol–water partition coefficient (Wildman–Crippen LogP) is -0.964. The van der Waals surface area contributed by atoms with Crippen LogP contribution in [-0.4, -0.2) is 19.5 Å². The number of nitrogen functional groups attached to an aromatic ring is 1. The number of nitrogens with zero attached hydrogens (tertiary/aromatic N) is 3. The van der Waals surface area contributed by atoms with Gasteiger partial charge in [-0.05, 0) is 7.05 Å². The van der Waals surface area contributed by atoms with Crippen molar-refractivity contribution in [1.29, 1.82) is 0 Å². The van der Waals surface area contributed by atoms with Crippen LogP contribution in [0.3, 0.4) is 0 Å². The van der Waals surface area contributed by atoms with E-state index < -0.39 is 0 Å². The Balaban J connectivity index is 0.000000845. The van der Waals surface area contributed by atoms with Crippen LogP contribution in [0.1, 0.15) is 0 Å². The third-order valence-corrected chi connectivity index (χ3v) is 1.52. The van der Waals surface area contributed by atoms with Gasteiger partial charge in [-0.1, -0.05) is 0 Å². The minimum atomic E-state index is -0.339. The van der Waals surface area contributed by atoms with Gasteiger partial charge in [-0.2, -0.15) is 0 Å². The van der Waals surface area contributed by atoms with Crippen molar-refractivity contribution in [2.45, 2.75) is 0 Å². The predicted molar refractivity (Wildman–Crippen MR) is 42.4 cm³/mol. The number of nitrogens with one attached hydrogen (secondary N) is 1. The van der Waals surface area contributed by atoms with Crippen molar-refractivity contribution in [3.63, 3.8) is 0 Å². The molecule has 7 heteroatoms. The summed E-state index contributed by atoms with van der Waals surface area (Å²) in [5.74, 6) is 0.0875. The van der Waals surface area contributed by atoms with Gasteiger partial charge in [0.1, 0.15) is 0 Å². The first-order valence-corrected chi connectivity index (χ1v) is 3.28. The Kier molecular flexibility index (Phi) is 2.52. The molecule has 0 fully saturated rings. The topological polar surface area (TPSA) is 89.6 Å². The van der Waals surface area contributed by atoms with Crippen LogP contribution >= 0.6 is 0 Å². The Bertz CT molecular complexity index is 487. The fraction of sp³-hybridized carbons (Fsp3) is 0.167. The summed E-state index contributed by atoms with van der Waals surface area (Å²) in [6, 6.07) is 0. The number of anilines is 1. The number of aromatic nitrogens is 4. The summed E-state index contributed by atoms with van der Waals surface area (Å²) in [4.78, 5) is 21.1. The molecule has 6 nitrogen and oxygen atoms in total. The second-order valence-electron chi connectivity index (χ2n) is 2.39. The molecule has 0 aliphatic rings. The smallest absolute Gasteiger partial charge is 0.212 e. The molecule has 0 bridgehead atoms. The number of fused-ring (bicyclic) bond motifs is 1. The average molecular weight is 348 g/mol. The van der Waals surface area contributed by atoms with Crippen LogP contribution < -0.4 is 11.3 Å². The maximum absolute atomic E-state index is 11.1. The van der Waals surface area contributed by atoms with E-state index in [2.05, 4.69) is 21.3 Å². The number of nitrogens with two attached hydrogens (primary N) is 1. The molecule has 0 atom stereocenters. The van der Waals surface area contributed by atoms with E-state index in [-0.39, 0.29) is 38.1 Å². The minimum Gasteiger partial charge on any atom is -0.435 e. The summed E-state index contributed by atoms with van der Waals surface area (Å²) < 4.78 is 1.51. The van der Waals surface area contributed by atoms with E-state index in [0.29, 0.717) is 5.65 Å². The molecule has 2 rings (SSSR count). The maximum Gasteiger partial charge on any atom is 0.212 e. The fourth-order valence-corrected chi connectivity index (χ4v) is 0.979. The molecular weight excluding hydrogens is 342 g/mol. The largest absolute Gasteiger partial charge is 0.435 e. The zero-order valence-electron chi connectivity index (χ0n) is 6.74. The molecule has 2 aromatic rings. The van der Waals surface area contributed by atoms with Gasteiger partial charge in [0.15, 0.2) is 5.95 Å². The average Bonchev–Trinajstić information content (AvgIpc) is 2.33. The molecule has 0 saturated heterocycles. The van der Waals surface area contributed by atoms with Crippen molar-refractivity contribution >= 4 is 17.1 Å². The second-order valence-corrected chi connectivity index (χ2v) is 2.39. The van der Waals surface area contributed by atoms with Crippen molar-refractivity contribution in [1.82, 2.24) is 19.5 Å². The third-order valence-electron chi connectivity index (χ3n) is 1.52. The van der Waals surface area contributed by atoms with Crippen molar-refractivity contribution in [3.8, 4) is 0 Å². The molecule has 0 aliphatic heterocycles. The number of aromatic amines is 1. The zero-order valence-corrected chi connectivity index (χ0v) is 9.67. The van der Waals surface area contributed by atoms with Crippen LogP contribution in [-0.2, 0) is 28.1 Å². The van der Waals surface area contributed by atoms with Gasteiger partial charge in [0.05, 0.1) is 0 Å². The van der Waals surface area contributed by atoms with Crippen LogP contribution in [0.15, 0.2) is 4.79 Å². The first-order chi connectivity index (χ1) is 5.68. The van der Waals surface area contributed by atoms with Crippen molar-refractivity contribution in [3.05, 3.63) is 16.7 Å². The molecule has 0 aliphatic carbocycles. The summed E-state index contributed by atoms with van der Waals surface area (Å²) in [6.45, 7) is 0. The molecule has 3 N–H and O–H groups in total. The summed E-state index contributed by atoms with van der Waals surface area (Å²) in [7, 11) is 1.70. The van der Waals surface area contributed by atoms with E-state index in [1.165, 1.54) is 4.57 Å². The van der Waals surface area contributed by atoms with Gasteiger partial charge in [-0.25, -0.2) is 0 Å². The Morgan fingerprint density at radius 3 is 3.00 bits per heavy atom. The number of imidazole rings is 1. The standard InChI is InChI=1S/C6H6N5O.W/c1-11-2-8-3-4(11)9-6(7)10-5(3)12;/h1H3,(H3,7,9,10,12);/q-1;. The van der Waals surface area contributed by atoms with Gasteiger partial charge in [0, 0.05) is 38.6 Å². The third kappa shape index (κ3) is 1.49. The molecule has 2 aromatic heterocycles. The second kappa shape index (κ2) is 3.30. The van der Waals surface area contributed by atoms with Crippen LogP contribution in [0, 0.1) is 6.33 Å². The summed E-state index contributed by atoms with van der Waals surface area (Å²) in [5.41, 5.74) is 5.69. The van der Waals surface area contributed by atoms with Gasteiger partial charge < -0.3 is 20.3 Å². The monoisotopic (exact) mass is 348 g/mol. The van der Waals surface area contributed by atoms with Crippen LogP contribution in [0.2, 0.25) is 0 Å². The first kappa shape index (κ1) is 9.92. The minimum absolute atomic E-state index is 0. The van der Waals surface area contributed by atoms with E-state index in [0.717, 1.165) is 0 Å². The molecule has 0 spiro atoms. The Labute approximate surface area is 87.4 Å². The quantitative estimate of drug-likeness (QED) is 0.600. The van der Waals surface area contributed by atoms with Crippen LogP contribution in [0.5, 0.6) is 0 Å². The van der Waals surface area contributed by atoms with E-state index in [9.17, 15) is 4.79 Å². The Morgan fingerprint density at radius 1 is 1.62 bits per heavy atom. The molecule has 0 unspecified atom stereocenters. The molecule has 13 heavy (non-hydrogen) atoms. The van der Waals surface area contributed by atoms with Gasteiger partial charge in [0.25, 0.3) is 0 Å². The van der Waals surface area contributed by atoms with E-state index in [4.69, 9.17) is 5.73 Å². The molecule has 0 radical (unpaired) electrons. The summed E-state index contributed by atoms with van der Waals surface area (Å²) in [6.07, 6.45) is 2.57. The van der Waals surface area contributed by atoms with Crippen molar-refractivity contribution in [2.75, 3.05) is 5.73 Å². The molecule has 0 aromatic carbocycles. The van der Waals surface area contributed by atoms with Gasteiger partial charge in [-0.3, -0.25) is 9.78 Å². The van der Waals surface area contributed by atoms with E-state index in [1.54, 1.807) is 7.05 Å². The van der Waals surface area contributed by atoms with Gasteiger partial charge >= 0.3 is 0 Å². The van der Waals surface area contributed by atoms with Crippen LogP contribution in [0.4, 0.5) is 5.95 Å². The Hall–Kier alpha value is -1.16. The van der Waals surface area contributed by atoms with Crippen molar-refractivity contribution in [2.24, 2.45) is 7.05 Å². The number of H-pyrrole nitrogens is 1. The Morgan fingerprint density at radius 2 is 2.31 bits per heavy atom. The molecular formula is C6H6N5OW-. The summed E-state index contributed by atoms with van der Waals surface area (Å²) >= 11 is 0. The fourth-order valence-electron chi connectivity index (χ4n) is 0.979. The number of rotatable bonds is 0. The van der Waals surface area contributed by atoms with Gasteiger partial charge in [-0.15, -0.1) is 0 Å². The van der Waals surface area contributed by atoms with Crippen LogP contribution in [0.25, 0.3) is 11.2 Å². The van der Waals surface area contributed by atoms with E-state index in [1.807, 2.05) is 0 Å². The first-order valence-electron chi connectivity index (χ1n) is 3.28. The van der Waals surface area contributed by atoms with E-state index >= 15 is 0 Å². The van der Waals surface area contributed by atoms with Crippen molar-refractivity contribution < 1.29 is 21.1 Å². The SMILES string of the molecule is Cn1[c-]nc2c(=O)[nH]c(N)nc21.[W]. The van der Waals surface area contributed by atoms with Gasteiger partial charge in [0.2, 0.25) is 5.56 Å². The molecule has 68 valence electrons. The molecule has 2 heterocycles. The summed E-state index contributed by atoms with van der Waals surface area (Å²) in [5, 5.41) is 0. The zero-order chi connectivity index (χ0) is 8.72. The maximum atomic E-state index is 11.1. The molecule has 0 amide bonds. The number of hydrogen-bond acceptors (Lipinski definition) is 4. The number of aryl methyl sites for hydroxylation is 1. The number of hydrogen-bond donors (Lipinski definition) is 2. The normalized spacial score (nSPS) is 9.92. The molecule has 0 saturated carbocycles.